The van der Waals surface area contributed by atoms with Crippen molar-refractivity contribution in [2.24, 2.45) is 7.05 Å². The van der Waals surface area contributed by atoms with Gasteiger partial charge in [0.15, 0.2) is 0 Å². The first kappa shape index (κ1) is 15.1. The maximum Gasteiger partial charge on any atom is 0.251 e. The summed E-state index contributed by atoms with van der Waals surface area (Å²) in [4.78, 5) is 12.0. The Morgan fingerprint density at radius 2 is 2.29 bits per heavy atom. The molecule has 2 aromatic rings. The summed E-state index contributed by atoms with van der Waals surface area (Å²) in [7, 11) is 1.82. The molecule has 0 aliphatic rings. The molecule has 21 heavy (non-hydrogen) atoms. The molecule has 0 aliphatic carbocycles. The zero-order valence-corrected chi connectivity index (χ0v) is 12.2. The Kier molecular flexibility index (Phi) is 4.99. The first-order chi connectivity index (χ1) is 10.1. The van der Waals surface area contributed by atoms with Gasteiger partial charge in [-0.2, -0.15) is 5.10 Å². The van der Waals surface area contributed by atoms with Crippen molar-refractivity contribution in [3.05, 3.63) is 52.3 Å². The van der Waals surface area contributed by atoms with E-state index in [0.29, 0.717) is 22.7 Å². The minimum absolute atomic E-state index is 0.232. The van der Waals surface area contributed by atoms with E-state index in [4.69, 9.17) is 16.7 Å². The number of benzene rings is 1. The summed E-state index contributed by atoms with van der Waals surface area (Å²) in [5.41, 5.74) is 1.81. The maximum absolute atomic E-state index is 12.0. The van der Waals surface area contributed by atoms with E-state index in [1.807, 2.05) is 19.3 Å². The number of nitrogens with zero attached hydrogens (tertiary/aromatic N) is 2. The highest BCUT2D eigenvalue weighted by atomic mass is 35.5. The number of aliphatic hydroxyl groups is 1. The molecule has 0 saturated carbocycles. The average Bonchev–Trinajstić information content (AvgIpc) is 2.89. The van der Waals surface area contributed by atoms with Gasteiger partial charge in [0, 0.05) is 24.4 Å². The lowest BCUT2D eigenvalue weighted by Gasteiger charge is -2.05. The Morgan fingerprint density at radius 1 is 1.48 bits per heavy atom. The lowest BCUT2D eigenvalue weighted by molar-refractivity contribution is 0.0950. The number of halogens is 1. The zero-order valence-electron chi connectivity index (χ0n) is 11.4. The number of hydrogen-bond donors (Lipinski definition) is 2. The van der Waals surface area contributed by atoms with Crippen LogP contribution < -0.4 is 5.32 Å². The normalized spacial score (nSPS) is 9.86. The van der Waals surface area contributed by atoms with E-state index in [1.54, 1.807) is 22.9 Å². The minimum atomic E-state index is -0.233. The van der Waals surface area contributed by atoms with Crippen molar-refractivity contribution in [3.63, 3.8) is 0 Å². The van der Waals surface area contributed by atoms with Crippen LogP contribution in [0.15, 0.2) is 30.5 Å². The van der Waals surface area contributed by atoms with Crippen molar-refractivity contribution >= 4 is 17.5 Å². The van der Waals surface area contributed by atoms with Crippen LogP contribution in [0.1, 0.15) is 21.6 Å². The van der Waals surface area contributed by atoms with Crippen LogP contribution in [0.4, 0.5) is 0 Å². The second-order valence-corrected chi connectivity index (χ2v) is 4.73. The highest BCUT2D eigenvalue weighted by Gasteiger charge is 2.08. The lowest BCUT2D eigenvalue weighted by atomic mass is 10.1. The second-order valence-electron chi connectivity index (χ2n) is 4.32. The predicted octanol–water partition coefficient (Wildman–Crippen LogP) is 1.35. The van der Waals surface area contributed by atoms with Gasteiger partial charge in [-0.15, -0.1) is 0 Å². The Bertz CT molecular complexity index is 713. The largest absolute Gasteiger partial charge is 0.384 e. The molecule has 0 unspecified atom stereocenters. The standard InChI is InChI=1S/C15H14ClN3O2/c1-19-7-6-13(18-19)10-17-15(21)12-5-4-11(3-2-8-20)14(16)9-12/h4-7,9,20H,8,10H2,1H3,(H,17,21). The summed E-state index contributed by atoms with van der Waals surface area (Å²) in [6.45, 7) is 0.117. The van der Waals surface area contributed by atoms with Gasteiger partial charge in [-0.25, -0.2) is 0 Å². The van der Waals surface area contributed by atoms with Crippen molar-refractivity contribution < 1.29 is 9.90 Å². The molecular formula is C15H14ClN3O2. The summed E-state index contributed by atoms with van der Waals surface area (Å²) >= 11 is 6.05. The van der Waals surface area contributed by atoms with E-state index in [9.17, 15) is 4.79 Å². The molecule has 1 aromatic heterocycles. The zero-order chi connectivity index (χ0) is 15.2. The molecule has 0 bridgehead atoms. The molecule has 0 aliphatic heterocycles. The molecule has 108 valence electrons. The second kappa shape index (κ2) is 6.93. The van der Waals surface area contributed by atoms with Crippen molar-refractivity contribution in [3.8, 4) is 11.8 Å². The first-order valence-corrected chi connectivity index (χ1v) is 6.64. The molecule has 2 N–H and O–H groups in total. The van der Waals surface area contributed by atoms with Crippen LogP contribution >= 0.6 is 11.6 Å². The summed E-state index contributed by atoms with van der Waals surface area (Å²) in [5, 5.41) is 16.0. The first-order valence-electron chi connectivity index (χ1n) is 6.26. The molecule has 2 rings (SSSR count). The fourth-order valence-corrected chi connectivity index (χ4v) is 1.95. The quantitative estimate of drug-likeness (QED) is 0.841. The Balaban J connectivity index is 2.04. The fraction of sp³-hybridized carbons (Fsp3) is 0.200. The third-order valence-electron chi connectivity index (χ3n) is 2.73. The van der Waals surface area contributed by atoms with Gasteiger partial charge in [-0.3, -0.25) is 9.48 Å². The Labute approximate surface area is 127 Å². The molecule has 0 spiro atoms. The summed E-state index contributed by atoms with van der Waals surface area (Å²) in [6.07, 6.45) is 1.81. The summed E-state index contributed by atoms with van der Waals surface area (Å²) in [5.74, 6) is 4.99. The van der Waals surface area contributed by atoms with E-state index < -0.39 is 0 Å². The van der Waals surface area contributed by atoms with Gasteiger partial charge in [0.25, 0.3) is 5.91 Å². The SMILES string of the molecule is Cn1ccc(CNC(=O)c2ccc(C#CCO)c(Cl)c2)n1. The van der Waals surface area contributed by atoms with Gasteiger partial charge in [0.05, 0.1) is 17.3 Å². The van der Waals surface area contributed by atoms with Gasteiger partial charge in [0.1, 0.15) is 6.61 Å². The number of aliphatic hydroxyl groups excluding tert-OH is 1. The highest BCUT2D eigenvalue weighted by Crippen LogP contribution is 2.17. The van der Waals surface area contributed by atoms with E-state index in [-0.39, 0.29) is 12.5 Å². The van der Waals surface area contributed by atoms with Crippen LogP contribution in [-0.4, -0.2) is 27.4 Å². The number of carbonyl (C=O) groups is 1. The van der Waals surface area contributed by atoms with Crippen LogP contribution in [0.3, 0.4) is 0 Å². The van der Waals surface area contributed by atoms with Crippen LogP contribution in [-0.2, 0) is 13.6 Å². The summed E-state index contributed by atoms with van der Waals surface area (Å²) < 4.78 is 1.67. The van der Waals surface area contributed by atoms with E-state index in [0.717, 1.165) is 5.69 Å². The van der Waals surface area contributed by atoms with E-state index >= 15 is 0 Å². The average molecular weight is 304 g/mol. The third-order valence-corrected chi connectivity index (χ3v) is 3.05. The van der Waals surface area contributed by atoms with Crippen LogP contribution in [0.2, 0.25) is 5.02 Å². The summed E-state index contributed by atoms with van der Waals surface area (Å²) in [6, 6.07) is 6.68. The molecule has 0 saturated heterocycles. The Morgan fingerprint density at radius 3 is 2.90 bits per heavy atom. The van der Waals surface area contributed by atoms with E-state index in [1.165, 1.54) is 0 Å². The van der Waals surface area contributed by atoms with Crippen molar-refractivity contribution in [2.75, 3.05) is 6.61 Å². The fourth-order valence-electron chi connectivity index (χ4n) is 1.72. The maximum atomic E-state index is 12.0. The minimum Gasteiger partial charge on any atom is -0.384 e. The van der Waals surface area contributed by atoms with Gasteiger partial charge in [0.2, 0.25) is 0 Å². The van der Waals surface area contributed by atoms with Crippen molar-refractivity contribution in [1.82, 2.24) is 15.1 Å². The number of rotatable bonds is 3. The smallest absolute Gasteiger partial charge is 0.251 e. The van der Waals surface area contributed by atoms with Gasteiger partial charge in [-0.05, 0) is 24.3 Å². The van der Waals surface area contributed by atoms with Crippen LogP contribution in [0, 0.1) is 11.8 Å². The monoisotopic (exact) mass is 303 g/mol. The van der Waals surface area contributed by atoms with E-state index in [2.05, 4.69) is 22.3 Å². The number of carbonyl (C=O) groups excluding carboxylic acids is 1. The molecular weight excluding hydrogens is 290 g/mol. The van der Waals surface area contributed by atoms with Crippen molar-refractivity contribution in [1.29, 1.82) is 0 Å². The van der Waals surface area contributed by atoms with Crippen LogP contribution in [0.5, 0.6) is 0 Å². The predicted molar refractivity (Wildman–Crippen MR) is 79.8 cm³/mol. The molecule has 1 amide bonds. The topological polar surface area (TPSA) is 67.2 Å². The molecule has 6 heteroatoms. The molecule has 1 aromatic carbocycles. The molecule has 5 nitrogen and oxygen atoms in total. The number of aromatic nitrogens is 2. The van der Waals surface area contributed by atoms with Gasteiger partial charge >= 0.3 is 0 Å². The lowest BCUT2D eigenvalue weighted by Crippen LogP contribution is -2.23. The van der Waals surface area contributed by atoms with Gasteiger partial charge < -0.3 is 10.4 Å². The third kappa shape index (κ3) is 4.09. The molecule has 0 atom stereocenters. The number of nitrogens with one attached hydrogen (secondary N) is 1. The number of amides is 1. The molecule has 1 heterocycles. The van der Waals surface area contributed by atoms with Crippen molar-refractivity contribution in [2.45, 2.75) is 6.54 Å². The number of aryl methyl sites for hydroxylation is 1. The Hall–Kier alpha value is -2.29. The van der Waals surface area contributed by atoms with Gasteiger partial charge in [-0.1, -0.05) is 23.4 Å². The molecule has 0 radical (unpaired) electrons. The highest BCUT2D eigenvalue weighted by molar-refractivity contribution is 6.32. The molecule has 0 fully saturated rings. The van der Waals surface area contributed by atoms with Crippen LogP contribution in [0.25, 0.3) is 0 Å². The number of hydrogen-bond acceptors (Lipinski definition) is 3.